The summed E-state index contributed by atoms with van der Waals surface area (Å²) < 4.78 is 24.1. The average molecular weight is 393 g/mol. The number of ether oxygens (including phenoxy) is 2. The van der Waals surface area contributed by atoms with E-state index in [4.69, 9.17) is 14.6 Å². The Morgan fingerprint density at radius 1 is 1.14 bits per heavy atom. The minimum absolute atomic E-state index is 0.122. The van der Waals surface area contributed by atoms with Gasteiger partial charge in [0, 0.05) is 12.3 Å². The standard InChI is InChI=1S/C23H20FNO4/c1-15-10-19(28-2)7-8-20(15)17-5-3-4-16(11-17)13-25-18-6-9-22(21(24)12-18)29-14-23(26)27/h3-13H,14H2,1-2H3,(H,26,27). The summed E-state index contributed by atoms with van der Waals surface area (Å²) in [5.41, 5.74) is 4.49. The van der Waals surface area contributed by atoms with Crippen molar-refractivity contribution in [2.24, 2.45) is 4.99 Å². The summed E-state index contributed by atoms with van der Waals surface area (Å²) >= 11 is 0. The first kappa shape index (κ1) is 20.1. The lowest BCUT2D eigenvalue weighted by Crippen LogP contribution is -2.10. The van der Waals surface area contributed by atoms with Crippen LogP contribution in [0.1, 0.15) is 11.1 Å². The van der Waals surface area contributed by atoms with Crippen molar-refractivity contribution in [2.75, 3.05) is 13.7 Å². The van der Waals surface area contributed by atoms with Crippen LogP contribution >= 0.6 is 0 Å². The minimum atomic E-state index is -1.17. The van der Waals surface area contributed by atoms with Crippen LogP contribution in [0.3, 0.4) is 0 Å². The van der Waals surface area contributed by atoms with Crippen LogP contribution in [0.2, 0.25) is 0 Å². The summed E-state index contributed by atoms with van der Waals surface area (Å²) in [7, 11) is 1.64. The fourth-order valence-corrected chi connectivity index (χ4v) is 2.85. The van der Waals surface area contributed by atoms with E-state index in [9.17, 15) is 9.18 Å². The molecular weight excluding hydrogens is 373 g/mol. The van der Waals surface area contributed by atoms with Crippen LogP contribution < -0.4 is 9.47 Å². The van der Waals surface area contributed by atoms with Gasteiger partial charge in [-0.05, 0) is 59.5 Å². The minimum Gasteiger partial charge on any atom is -0.497 e. The molecule has 6 heteroatoms. The third-order valence-electron chi connectivity index (χ3n) is 4.26. The average Bonchev–Trinajstić information content (AvgIpc) is 2.71. The van der Waals surface area contributed by atoms with Crippen molar-refractivity contribution in [3.63, 3.8) is 0 Å². The highest BCUT2D eigenvalue weighted by Gasteiger charge is 2.07. The van der Waals surface area contributed by atoms with Gasteiger partial charge in [-0.2, -0.15) is 0 Å². The van der Waals surface area contributed by atoms with Gasteiger partial charge in [0.15, 0.2) is 18.2 Å². The van der Waals surface area contributed by atoms with Gasteiger partial charge in [0.1, 0.15) is 5.75 Å². The number of hydrogen-bond acceptors (Lipinski definition) is 4. The lowest BCUT2D eigenvalue weighted by atomic mass is 9.99. The molecule has 0 heterocycles. The molecule has 5 nitrogen and oxygen atoms in total. The first-order valence-corrected chi connectivity index (χ1v) is 8.89. The number of nitrogens with zero attached hydrogens (tertiary/aromatic N) is 1. The summed E-state index contributed by atoms with van der Waals surface area (Å²) in [6.45, 7) is 1.42. The van der Waals surface area contributed by atoms with Gasteiger partial charge in [-0.1, -0.05) is 24.3 Å². The predicted octanol–water partition coefficient (Wildman–Crippen LogP) is 5.02. The Morgan fingerprint density at radius 2 is 1.97 bits per heavy atom. The molecule has 3 aromatic rings. The van der Waals surface area contributed by atoms with Gasteiger partial charge in [-0.3, -0.25) is 4.99 Å². The third-order valence-corrected chi connectivity index (χ3v) is 4.26. The van der Waals surface area contributed by atoms with Crippen LogP contribution in [0, 0.1) is 12.7 Å². The van der Waals surface area contributed by atoms with E-state index in [0.717, 1.165) is 28.0 Å². The summed E-state index contributed by atoms with van der Waals surface area (Å²) in [4.78, 5) is 14.8. The van der Waals surface area contributed by atoms with Gasteiger partial charge < -0.3 is 14.6 Å². The Kier molecular flexibility index (Phi) is 6.24. The zero-order valence-corrected chi connectivity index (χ0v) is 16.1. The summed E-state index contributed by atoms with van der Waals surface area (Å²) in [6, 6.07) is 17.9. The number of aryl methyl sites for hydroxylation is 1. The highest BCUT2D eigenvalue weighted by Crippen LogP contribution is 2.28. The number of benzene rings is 3. The molecule has 0 bridgehead atoms. The molecular formula is C23H20FNO4. The zero-order chi connectivity index (χ0) is 20.8. The van der Waals surface area contributed by atoms with E-state index in [2.05, 4.69) is 4.99 Å². The Bertz CT molecular complexity index is 1060. The Balaban J connectivity index is 1.79. The van der Waals surface area contributed by atoms with Gasteiger partial charge in [0.25, 0.3) is 0 Å². The first-order valence-electron chi connectivity index (χ1n) is 8.89. The van der Waals surface area contributed by atoms with E-state index < -0.39 is 18.4 Å². The number of aliphatic carboxylic acids is 1. The lowest BCUT2D eigenvalue weighted by Gasteiger charge is -2.09. The molecule has 3 aromatic carbocycles. The molecule has 1 N–H and O–H groups in total. The monoisotopic (exact) mass is 393 g/mol. The second-order valence-electron chi connectivity index (χ2n) is 6.36. The van der Waals surface area contributed by atoms with Crippen molar-refractivity contribution in [3.8, 4) is 22.6 Å². The van der Waals surface area contributed by atoms with E-state index in [1.165, 1.54) is 12.1 Å². The van der Waals surface area contributed by atoms with Crippen LogP contribution in [-0.2, 0) is 4.79 Å². The van der Waals surface area contributed by atoms with Crippen molar-refractivity contribution >= 4 is 17.9 Å². The molecule has 0 spiro atoms. The number of halogens is 1. The lowest BCUT2D eigenvalue weighted by molar-refractivity contribution is -0.139. The Labute approximate surface area is 168 Å². The van der Waals surface area contributed by atoms with Gasteiger partial charge in [-0.25, -0.2) is 9.18 Å². The number of aliphatic imine (C=N–C) groups is 1. The number of carboxylic acids is 1. The number of methoxy groups -OCH3 is 1. The highest BCUT2D eigenvalue weighted by molar-refractivity contribution is 5.85. The van der Waals surface area contributed by atoms with E-state index in [-0.39, 0.29) is 5.75 Å². The van der Waals surface area contributed by atoms with Crippen LogP contribution in [0.25, 0.3) is 11.1 Å². The maximum atomic E-state index is 14.0. The van der Waals surface area contributed by atoms with E-state index in [0.29, 0.717) is 5.69 Å². The zero-order valence-electron chi connectivity index (χ0n) is 16.1. The van der Waals surface area contributed by atoms with Crippen molar-refractivity contribution in [1.29, 1.82) is 0 Å². The summed E-state index contributed by atoms with van der Waals surface area (Å²) in [5, 5.41) is 8.60. The number of rotatable bonds is 7. The molecule has 0 aliphatic heterocycles. The summed E-state index contributed by atoms with van der Waals surface area (Å²) in [6.07, 6.45) is 1.65. The normalized spacial score (nSPS) is 10.9. The number of carboxylic acid groups (broad SMARTS) is 1. The molecule has 0 aliphatic carbocycles. The molecule has 0 amide bonds. The molecule has 0 unspecified atom stereocenters. The quantitative estimate of drug-likeness (QED) is 0.572. The predicted molar refractivity (Wildman–Crippen MR) is 110 cm³/mol. The topological polar surface area (TPSA) is 68.1 Å². The number of hydrogen-bond donors (Lipinski definition) is 1. The highest BCUT2D eigenvalue weighted by atomic mass is 19.1. The Hall–Kier alpha value is -3.67. The molecule has 3 rings (SSSR count). The molecule has 0 atom stereocenters. The second-order valence-corrected chi connectivity index (χ2v) is 6.36. The van der Waals surface area contributed by atoms with Crippen molar-refractivity contribution in [2.45, 2.75) is 6.92 Å². The molecule has 29 heavy (non-hydrogen) atoms. The van der Waals surface area contributed by atoms with Gasteiger partial charge in [-0.15, -0.1) is 0 Å². The Morgan fingerprint density at radius 3 is 2.66 bits per heavy atom. The van der Waals surface area contributed by atoms with Crippen LogP contribution in [0.15, 0.2) is 65.7 Å². The summed E-state index contributed by atoms with van der Waals surface area (Å²) in [5.74, 6) is -1.15. The van der Waals surface area contributed by atoms with Crippen molar-refractivity contribution in [1.82, 2.24) is 0 Å². The van der Waals surface area contributed by atoms with Gasteiger partial charge in [0.05, 0.1) is 12.8 Å². The molecule has 148 valence electrons. The fourth-order valence-electron chi connectivity index (χ4n) is 2.85. The molecule has 0 aliphatic rings. The maximum Gasteiger partial charge on any atom is 0.341 e. The molecule has 0 saturated carbocycles. The largest absolute Gasteiger partial charge is 0.497 e. The third kappa shape index (κ3) is 5.19. The van der Waals surface area contributed by atoms with Crippen LogP contribution in [-0.4, -0.2) is 31.0 Å². The molecule has 0 radical (unpaired) electrons. The molecule has 0 fully saturated rings. The first-order chi connectivity index (χ1) is 14.0. The van der Waals surface area contributed by atoms with Crippen LogP contribution in [0.4, 0.5) is 10.1 Å². The van der Waals surface area contributed by atoms with Crippen LogP contribution in [0.5, 0.6) is 11.5 Å². The van der Waals surface area contributed by atoms with E-state index in [1.54, 1.807) is 19.4 Å². The SMILES string of the molecule is COc1ccc(-c2cccc(C=Nc3ccc(OCC(=O)O)c(F)c3)c2)c(C)c1. The van der Waals surface area contributed by atoms with Gasteiger partial charge >= 0.3 is 5.97 Å². The molecule has 0 saturated heterocycles. The second kappa shape index (κ2) is 9.01. The fraction of sp³-hybridized carbons (Fsp3) is 0.130. The smallest absolute Gasteiger partial charge is 0.341 e. The van der Waals surface area contributed by atoms with E-state index >= 15 is 0 Å². The van der Waals surface area contributed by atoms with Crippen molar-refractivity contribution < 1.29 is 23.8 Å². The van der Waals surface area contributed by atoms with Crippen molar-refractivity contribution in [3.05, 3.63) is 77.6 Å². The number of carbonyl (C=O) groups is 1. The van der Waals surface area contributed by atoms with E-state index in [1.807, 2.05) is 49.4 Å². The van der Waals surface area contributed by atoms with Gasteiger partial charge in [0.2, 0.25) is 0 Å². The molecule has 0 aromatic heterocycles. The maximum absolute atomic E-state index is 14.0.